The fraction of sp³-hybridized carbons (Fsp3) is 0.923. The lowest BCUT2D eigenvalue weighted by molar-refractivity contribution is -0.123. The van der Waals surface area contributed by atoms with Crippen molar-refractivity contribution in [1.29, 1.82) is 0 Å². The van der Waals surface area contributed by atoms with E-state index in [2.05, 4.69) is 15.5 Å². The normalized spacial score (nSPS) is 30.6. The van der Waals surface area contributed by atoms with Gasteiger partial charge >= 0.3 is 0 Å². The highest BCUT2D eigenvalue weighted by atomic mass is 16.2. The van der Waals surface area contributed by atoms with Crippen LogP contribution in [0.5, 0.6) is 0 Å². The zero-order valence-electron chi connectivity index (χ0n) is 11.2. The van der Waals surface area contributed by atoms with Crippen LogP contribution in [0, 0.1) is 0 Å². The molecule has 2 fully saturated rings. The lowest BCUT2D eigenvalue weighted by Gasteiger charge is -2.25. The number of hydrogen-bond donors (Lipinski definition) is 2. The first kappa shape index (κ1) is 12.8. The molecule has 17 heavy (non-hydrogen) atoms. The Morgan fingerprint density at radius 3 is 2.71 bits per heavy atom. The number of rotatable bonds is 4. The summed E-state index contributed by atoms with van der Waals surface area (Å²) >= 11 is 0. The minimum absolute atomic E-state index is 0.0806. The molecule has 2 N–H and O–H groups in total. The van der Waals surface area contributed by atoms with Crippen LogP contribution in [0.3, 0.4) is 0 Å². The van der Waals surface area contributed by atoms with Crippen molar-refractivity contribution < 1.29 is 4.79 Å². The molecule has 2 rings (SSSR count). The maximum atomic E-state index is 11.8. The van der Waals surface area contributed by atoms with Gasteiger partial charge in [-0.05, 0) is 46.6 Å². The van der Waals surface area contributed by atoms with Crippen LogP contribution < -0.4 is 10.6 Å². The standard InChI is InChI=1S/C13H25N3O/c1-9(2)14-13(17)10(3)15-11-6-8-16-7-4-5-12(11)16/h9-12,15H,4-8H2,1-3H3,(H,14,17). The number of amides is 1. The largest absolute Gasteiger partial charge is 0.353 e. The van der Waals surface area contributed by atoms with Crippen LogP contribution in [0.4, 0.5) is 0 Å². The van der Waals surface area contributed by atoms with E-state index in [0.717, 1.165) is 0 Å². The van der Waals surface area contributed by atoms with Crippen LogP contribution in [0.25, 0.3) is 0 Å². The van der Waals surface area contributed by atoms with Crippen LogP contribution in [0.1, 0.15) is 40.0 Å². The molecule has 98 valence electrons. The molecule has 0 saturated carbocycles. The predicted octanol–water partition coefficient (Wildman–Crippen LogP) is 0.726. The first-order valence-electron chi connectivity index (χ1n) is 6.88. The van der Waals surface area contributed by atoms with E-state index in [1.165, 1.54) is 32.4 Å². The van der Waals surface area contributed by atoms with Gasteiger partial charge in [-0.3, -0.25) is 9.69 Å². The van der Waals surface area contributed by atoms with Gasteiger partial charge in [-0.1, -0.05) is 0 Å². The molecule has 4 nitrogen and oxygen atoms in total. The topological polar surface area (TPSA) is 44.4 Å². The summed E-state index contributed by atoms with van der Waals surface area (Å²) in [5.41, 5.74) is 0. The molecule has 0 radical (unpaired) electrons. The van der Waals surface area contributed by atoms with Crippen molar-refractivity contribution in [2.24, 2.45) is 0 Å². The van der Waals surface area contributed by atoms with E-state index < -0.39 is 0 Å². The number of carbonyl (C=O) groups excluding carboxylic acids is 1. The SMILES string of the molecule is CC(C)NC(=O)C(C)NC1CCN2CCCC12. The number of nitrogens with one attached hydrogen (secondary N) is 2. The van der Waals surface area contributed by atoms with Crippen molar-refractivity contribution in [3.8, 4) is 0 Å². The summed E-state index contributed by atoms with van der Waals surface area (Å²) in [7, 11) is 0. The Labute approximate surface area is 104 Å². The van der Waals surface area contributed by atoms with Gasteiger partial charge in [-0.15, -0.1) is 0 Å². The molecule has 2 aliphatic heterocycles. The predicted molar refractivity (Wildman–Crippen MR) is 68.9 cm³/mol. The van der Waals surface area contributed by atoms with Gasteiger partial charge < -0.3 is 10.6 Å². The third-order valence-corrected chi connectivity index (χ3v) is 3.89. The minimum atomic E-state index is -0.0806. The first-order valence-corrected chi connectivity index (χ1v) is 6.88. The molecular weight excluding hydrogens is 214 g/mol. The number of hydrogen-bond acceptors (Lipinski definition) is 3. The summed E-state index contributed by atoms with van der Waals surface area (Å²) < 4.78 is 0. The van der Waals surface area contributed by atoms with Gasteiger partial charge in [0, 0.05) is 24.7 Å². The molecular formula is C13H25N3O. The van der Waals surface area contributed by atoms with E-state index in [-0.39, 0.29) is 18.0 Å². The summed E-state index contributed by atoms with van der Waals surface area (Å²) in [5, 5.41) is 6.46. The molecule has 0 spiro atoms. The van der Waals surface area contributed by atoms with E-state index in [1.54, 1.807) is 0 Å². The molecule has 2 saturated heterocycles. The third kappa shape index (κ3) is 2.99. The molecule has 3 unspecified atom stereocenters. The van der Waals surface area contributed by atoms with E-state index in [9.17, 15) is 4.79 Å². The van der Waals surface area contributed by atoms with Crippen LogP contribution in [-0.2, 0) is 4.79 Å². The molecule has 0 aromatic carbocycles. The van der Waals surface area contributed by atoms with Gasteiger partial charge in [0.05, 0.1) is 6.04 Å². The highest BCUT2D eigenvalue weighted by molar-refractivity contribution is 5.81. The van der Waals surface area contributed by atoms with Gasteiger partial charge in [0.15, 0.2) is 0 Å². The first-order chi connectivity index (χ1) is 8.08. The van der Waals surface area contributed by atoms with Crippen LogP contribution in [0.15, 0.2) is 0 Å². The Hall–Kier alpha value is -0.610. The van der Waals surface area contributed by atoms with Crippen molar-refractivity contribution in [1.82, 2.24) is 15.5 Å². The maximum absolute atomic E-state index is 11.8. The van der Waals surface area contributed by atoms with E-state index in [4.69, 9.17) is 0 Å². The van der Waals surface area contributed by atoms with E-state index in [0.29, 0.717) is 12.1 Å². The van der Waals surface area contributed by atoms with Gasteiger partial charge in [-0.25, -0.2) is 0 Å². The van der Waals surface area contributed by atoms with Crippen molar-refractivity contribution in [3.05, 3.63) is 0 Å². The average Bonchev–Trinajstić information content (AvgIpc) is 2.81. The molecule has 2 heterocycles. The second kappa shape index (κ2) is 5.36. The Bertz CT molecular complexity index is 280. The monoisotopic (exact) mass is 239 g/mol. The maximum Gasteiger partial charge on any atom is 0.237 e. The summed E-state index contributed by atoms with van der Waals surface area (Å²) in [6.45, 7) is 8.41. The van der Waals surface area contributed by atoms with Crippen LogP contribution in [-0.4, -0.2) is 48.1 Å². The van der Waals surface area contributed by atoms with Crippen molar-refractivity contribution in [3.63, 3.8) is 0 Å². The average molecular weight is 239 g/mol. The highest BCUT2D eigenvalue weighted by Crippen LogP contribution is 2.28. The summed E-state index contributed by atoms with van der Waals surface area (Å²) in [5.74, 6) is 0.122. The van der Waals surface area contributed by atoms with Crippen molar-refractivity contribution in [2.75, 3.05) is 13.1 Å². The number of fused-ring (bicyclic) bond motifs is 1. The Morgan fingerprint density at radius 2 is 2.00 bits per heavy atom. The molecule has 2 aliphatic rings. The van der Waals surface area contributed by atoms with Crippen LogP contribution >= 0.6 is 0 Å². The van der Waals surface area contributed by atoms with Gasteiger partial charge in [0.25, 0.3) is 0 Å². The third-order valence-electron chi connectivity index (χ3n) is 3.89. The fourth-order valence-electron chi connectivity index (χ4n) is 3.08. The summed E-state index contributed by atoms with van der Waals surface area (Å²) in [6.07, 6.45) is 3.79. The molecule has 0 aliphatic carbocycles. The van der Waals surface area contributed by atoms with Gasteiger partial charge in [0.2, 0.25) is 5.91 Å². The Balaban J connectivity index is 1.82. The van der Waals surface area contributed by atoms with Crippen molar-refractivity contribution in [2.45, 2.75) is 64.2 Å². The molecule has 0 aromatic heterocycles. The molecule has 4 heteroatoms. The second-order valence-corrected chi connectivity index (χ2v) is 5.69. The summed E-state index contributed by atoms with van der Waals surface area (Å²) in [4.78, 5) is 14.4. The van der Waals surface area contributed by atoms with Gasteiger partial charge in [0.1, 0.15) is 0 Å². The van der Waals surface area contributed by atoms with Crippen LogP contribution in [0.2, 0.25) is 0 Å². The molecule has 1 amide bonds. The van der Waals surface area contributed by atoms with Gasteiger partial charge in [-0.2, -0.15) is 0 Å². The lowest BCUT2D eigenvalue weighted by atomic mass is 10.1. The smallest absolute Gasteiger partial charge is 0.237 e. The second-order valence-electron chi connectivity index (χ2n) is 5.69. The van der Waals surface area contributed by atoms with E-state index in [1.807, 2.05) is 20.8 Å². The van der Waals surface area contributed by atoms with E-state index >= 15 is 0 Å². The number of nitrogens with zero attached hydrogens (tertiary/aromatic N) is 1. The quantitative estimate of drug-likeness (QED) is 0.760. The molecule has 0 bridgehead atoms. The Morgan fingerprint density at radius 1 is 1.24 bits per heavy atom. The fourth-order valence-corrected chi connectivity index (χ4v) is 3.08. The molecule has 0 aromatic rings. The molecule has 3 atom stereocenters. The highest BCUT2D eigenvalue weighted by Gasteiger charge is 2.37. The lowest BCUT2D eigenvalue weighted by Crippen LogP contribution is -2.51. The zero-order chi connectivity index (χ0) is 12.4. The number of carbonyl (C=O) groups is 1. The Kier molecular flexibility index (Phi) is 4.05. The van der Waals surface area contributed by atoms with Crippen molar-refractivity contribution >= 4 is 5.91 Å². The minimum Gasteiger partial charge on any atom is -0.353 e. The zero-order valence-corrected chi connectivity index (χ0v) is 11.2. The summed E-state index contributed by atoms with van der Waals surface area (Å²) in [6, 6.07) is 1.32.